The van der Waals surface area contributed by atoms with Crippen molar-refractivity contribution in [2.24, 2.45) is 5.92 Å². The smallest absolute Gasteiger partial charge is 0.277 e. The number of likely N-dealkylation sites (tertiary alicyclic amines) is 1. The van der Waals surface area contributed by atoms with Crippen molar-refractivity contribution in [2.75, 3.05) is 13.1 Å². The number of aromatic nitrogens is 3. The minimum atomic E-state index is -0.194. The topological polar surface area (TPSA) is 68.1 Å². The zero-order valence-electron chi connectivity index (χ0n) is 15.8. The average Bonchev–Trinajstić information content (AvgIpc) is 2.74. The Bertz CT molecular complexity index is 1010. The third kappa shape index (κ3) is 4.11. The molecule has 4 rings (SSSR count). The second-order valence-corrected chi connectivity index (χ2v) is 7.40. The lowest BCUT2D eigenvalue weighted by atomic mass is 9.90. The van der Waals surface area contributed by atoms with Crippen molar-refractivity contribution in [1.29, 1.82) is 0 Å². The Morgan fingerprint density at radius 1 is 1.00 bits per heavy atom. The van der Waals surface area contributed by atoms with Gasteiger partial charge in [0.25, 0.3) is 5.56 Å². The highest BCUT2D eigenvalue weighted by atomic mass is 16.2. The summed E-state index contributed by atoms with van der Waals surface area (Å²) in [6.45, 7) is 1.84. The van der Waals surface area contributed by atoms with E-state index in [0.29, 0.717) is 16.8 Å². The average molecular weight is 376 g/mol. The predicted molar refractivity (Wildman–Crippen MR) is 108 cm³/mol. The molecule has 1 aliphatic rings. The maximum atomic E-state index is 12.6. The number of hydrogen-bond donors (Lipinski definition) is 0. The van der Waals surface area contributed by atoms with E-state index in [1.54, 1.807) is 18.2 Å². The molecular weight excluding hydrogens is 352 g/mol. The van der Waals surface area contributed by atoms with Gasteiger partial charge in [0.05, 0.1) is 11.9 Å². The number of carbonyl (C=O) groups excluding carboxylic acids is 1. The molecule has 28 heavy (non-hydrogen) atoms. The van der Waals surface area contributed by atoms with E-state index in [4.69, 9.17) is 0 Å². The van der Waals surface area contributed by atoms with Crippen LogP contribution >= 0.6 is 0 Å². The Morgan fingerprint density at radius 3 is 2.50 bits per heavy atom. The predicted octanol–water partition coefficient (Wildman–Crippen LogP) is 2.66. The Balaban J connectivity index is 1.30. The number of hydrogen-bond acceptors (Lipinski definition) is 4. The van der Waals surface area contributed by atoms with Crippen LogP contribution in [0.1, 0.15) is 24.8 Å². The van der Waals surface area contributed by atoms with Crippen LogP contribution < -0.4 is 5.56 Å². The fourth-order valence-corrected chi connectivity index (χ4v) is 3.86. The summed E-state index contributed by atoms with van der Waals surface area (Å²) >= 11 is 0. The minimum Gasteiger partial charge on any atom is -0.343 e. The van der Waals surface area contributed by atoms with E-state index in [0.717, 1.165) is 32.4 Å². The third-order valence-electron chi connectivity index (χ3n) is 5.50. The summed E-state index contributed by atoms with van der Waals surface area (Å²) in [5, 5.41) is 8.57. The summed E-state index contributed by atoms with van der Waals surface area (Å²) in [5.41, 5.74) is 1.75. The van der Waals surface area contributed by atoms with E-state index in [1.165, 1.54) is 10.2 Å². The van der Waals surface area contributed by atoms with Crippen molar-refractivity contribution in [3.8, 4) is 0 Å². The number of amides is 1. The SMILES string of the molecule is O=C(CCn1nnc2ccccc2c1=O)N1CCC(Cc2ccccc2)CC1. The highest BCUT2D eigenvalue weighted by molar-refractivity contribution is 5.77. The molecule has 2 aromatic carbocycles. The van der Waals surface area contributed by atoms with E-state index in [-0.39, 0.29) is 24.4 Å². The number of fused-ring (bicyclic) bond motifs is 1. The largest absolute Gasteiger partial charge is 0.343 e. The molecule has 3 aromatic rings. The standard InChI is InChI=1S/C22H24N4O2/c27-21(12-15-26-22(28)19-8-4-5-9-20(19)23-24-26)25-13-10-18(11-14-25)16-17-6-2-1-3-7-17/h1-9,18H,10-16H2. The molecule has 1 aromatic heterocycles. The van der Waals surface area contributed by atoms with Gasteiger partial charge in [-0.1, -0.05) is 47.7 Å². The van der Waals surface area contributed by atoms with E-state index in [9.17, 15) is 9.59 Å². The summed E-state index contributed by atoms with van der Waals surface area (Å²) in [6.07, 6.45) is 3.40. The van der Waals surface area contributed by atoms with Crippen LogP contribution in [0.25, 0.3) is 10.9 Å². The number of nitrogens with zero attached hydrogens (tertiary/aromatic N) is 4. The van der Waals surface area contributed by atoms with Crippen molar-refractivity contribution in [3.63, 3.8) is 0 Å². The monoisotopic (exact) mass is 376 g/mol. The van der Waals surface area contributed by atoms with Gasteiger partial charge in [-0.15, -0.1) is 5.10 Å². The number of piperidine rings is 1. The first-order valence-electron chi connectivity index (χ1n) is 9.85. The molecule has 0 atom stereocenters. The van der Waals surface area contributed by atoms with Gasteiger partial charge >= 0.3 is 0 Å². The van der Waals surface area contributed by atoms with Gasteiger partial charge in [-0.2, -0.15) is 0 Å². The molecule has 1 saturated heterocycles. The van der Waals surface area contributed by atoms with Crippen LogP contribution in [0.3, 0.4) is 0 Å². The maximum Gasteiger partial charge on any atom is 0.277 e. The summed E-state index contributed by atoms with van der Waals surface area (Å²) in [6, 6.07) is 17.7. The molecule has 2 heterocycles. The fraction of sp³-hybridized carbons (Fsp3) is 0.364. The zero-order chi connectivity index (χ0) is 19.3. The van der Waals surface area contributed by atoms with E-state index >= 15 is 0 Å². The molecule has 144 valence electrons. The van der Waals surface area contributed by atoms with Crippen molar-refractivity contribution in [1.82, 2.24) is 19.9 Å². The molecule has 0 unspecified atom stereocenters. The second kappa shape index (κ2) is 8.33. The van der Waals surface area contributed by atoms with Crippen molar-refractivity contribution in [2.45, 2.75) is 32.2 Å². The van der Waals surface area contributed by atoms with Crippen molar-refractivity contribution in [3.05, 3.63) is 70.5 Å². The molecule has 0 radical (unpaired) electrons. The number of benzene rings is 2. The lowest BCUT2D eigenvalue weighted by Gasteiger charge is -2.32. The van der Waals surface area contributed by atoms with Gasteiger partial charge in [0.15, 0.2) is 0 Å². The molecule has 0 N–H and O–H groups in total. The molecule has 1 fully saturated rings. The van der Waals surface area contributed by atoms with E-state index < -0.39 is 0 Å². The Labute approximate surface area is 163 Å². The Hall–Kier alpha value is -3.02. The highest BCUT2D eigenvalue weighted by Crippen LogP contribution is 2.22. The van der Waals surface area contributed by atoms with E-state index in [1.807, 2.05) is 17.0 Å². The fourth-order valence-electron chi connectivity index (χ4n) is 3.86. The zero-order valence-corrected chi connectivity index (χ0v) is 15.8. The number of carbonyl (C=O) groups is 1. The third-order valence-corrected chi connectivity index (χ3v) is 5.50. The van der Waals surface area contributed by atoms with Crippen LogP contribution in [0, 0.1) is 5.92 Å². The lowest BCUT2D eigenvalue weighted by Crippen LogP contribution is -2.39. The van der Waals surface area contributed by atoms with Crippen LogP contribution in [-0.4, -0.2) is 38.9 Å². The first-order valence-corrected chi connectivity index (χ1v) is 9.85. The van der Waals surface area contributed by atoms with Gasteiger partial charge in [0, 0.05) is 19.5 Å². The molecule has 6 heteroatoms. The molecule has 1 aliphatic heterocycles. The van der Waals surface area contributed by atoms with Crippen molar-refractivity contribution < 1.29 is 4.79 Å². The van der Waals surface area contributed by atoms with Crippen molar-refractivity contribution >= 4 is 16.8 Å². The summed E-state index contributed by atoms with van der Waals surface area (Å²) in [4.78, 5) is 27.0. The number of aryl methyl sites for hydroxylation is 1. The van der Waals surface area contributed by atoms with Gasteiger partial charge in [0.2, 0.25) is 5.91 Å². The van der Waals surface area contributed by atoms with Crippen LogP contribution in [0.2, 0.25) is 0 Å². The van der Waals surface area contributed by atoms with Gasteiger partial charge in [-0.3, -0.25) is 9.59 Å². The molecule has 6 nitrogen and oxygen atoms in total. The maximum absolute atomic E-state index is 12.6. The van der Waals surface area contributed by atoms with Gasteiger partial charge < -0.3 is 4.90 Å². The minimum absolute atomic E-state index is 0.0834. The van der Waals surface area contributed by atoms with Crippen LogP contribution in [0.15, 0.2) is 59.4 Å². The van der Waals surface area contributed by atoms with Gasteiger partial charge in [-0.25, -0.2) is 4.68 Å². The van der Waals surface area contributed by atoms with Gasteiger partial charge in [0.1, 0.15) is 5.52 Å². The highest BCUT2D eigenvalue weighted by Gasteiger charge is 2.23. The van der Waals surface area contributed by atoms with Gasteiger partial charge in [-0.05, 0) is 42.9 Å². The normalized spacial score (nSPS) is 15.1. The first kappa shape index (κ1) is 18.3. The molecule has 0 bridgehead atoms. The molecular formula is C22H24N4O2. The summed E-state index contributed by atoms with van der Waals surface area (Å²) in [5.74, 6) is 0.709. The molecule has 1 amide bonds. The number of rotatable bonds is 5. The second-order valence-electron chi connectivity index (χ2n) is 7.40. The quantitative estimate of drug-likeness (QED) is 0.687. The van der Waals surface area contributed by atoms with Crippen LogP contribution in [0.5, 0.6) is 0 Å². The Kier molecular flexibility index (Phi) is 5.46. The van der Waals surface area contributed by atoms with Crippen LogP contribution in [-0.2, 0) is 17.8 Å². The lowest BCUT2D eigenvalue weighted by molar-refractivity contribution is -0.132. The van der Waals surface area contributed by atoms with E-state index in [2.05, 4.69) is 34.6 Å². The first-order chi connectivity index (χ1) is 13.7. The molecule has 0 saturated carbocycles. The Morgan fingerprint density at radius 2 is 1.71 bits per heavy atom. The summed E-state index contributed by atoms with van der Waals surface area (Å²) < 4.78 is 1.29. The van der Waals surface area contributed by atoms with Crippen LogP contribution in [0.4, 0.5) is 0 Å². The molecule has 0 aliphatic carbocycles. The molecule has 0 spiro atoms. The summed E-state index contributed by atoms with van der Waals surface area (Å²) in [7, 11) is 0.